The highest BCUT2D eigenvalue weighted by Crippen LogP contribution is 2.25. The highest BCUT2D eigenvalue weighted by Gasteiger charge is 2.31. The molecule has 0 atom stereocenters. The van der Waals surface area contributed by atoms with Crippen LogP contribution in [-0.2, 0) is 17.6 Å². The van der Waals surface area contributed by atoms with Gasteiger partial charge in [-0.2, -0.15) is 0 Å². The first kappa shape index (κ1) is 23.5. The Morgan fingerprint density at radius 3 is 2.15 bits per heavy atom. The molecule has 2 fully saturated rings. The summed E-state index contributed by atoms with van der Waals surface area (Å²) in [6.45, 7) is 6.43. The van der Waals surface area contributed by atoms with E-state index < -0.39 is 0 Å². The number of amides is 2. The van der Waals surface area contributed by atoms with E-state index in [2.05, 4.69) is 41.4 Å². The van der Waals surface area contributed by atoms with Gasteiger partial charge in [0.1, 0.15) is 0 Å². The first-order valence-corrected chi connectivity index (χ1v) is 12.6. The molecular weight excluding hydrogens is 410 g/mol. The van der Waals surface area contributed by atoms with E-state index in [0.717, 1.165) is 70.3 Å². The lowest BCUT2D eigenvalue weighted by Crippen LogP contribution is -2.50. The second-order valence-electron chi connectivity index (χ2n) is 9.41. The number of aryl methyl sites for hydroxylation is 1. The Morgan fingerprint density at radius 1 is 0.848 bits per heavy atom. The highest BCUT2D eigenvalue weighted by molar-refractivity contribution is 5.94. The molecule has 5 heteroatoms. The Labute approximate surface area is 198 Å². The molecule has 2 aromatic carbocycles. The van der Waals surface area contributed by atoms with Gasteiger partial charge in [0.15, 0.2) is 0 Å². The molecule has 33 heavy (non-hydrogen) atoms. The van der Waals surface area contributed by atoms with Crippen LogP contribution in [0.5, 0.6) is 0 Å². The van der Waals surface area contributed by atoms with Crippen LogP contribution in [0.3, 0.4) is 0 Å². The van der Waals surface area contributed by atoms with Gasteiger partial charge in [0.25, 0.3) is 5.91 Å². The Kier molecular flexibility index (Phi) is 8.16. The van der Waals surface area contributed by atoms with Gasteiger partial charge in [-0.05, 0) is 74.9 Å². The fourth-order valence-corrected chi connectivity index (χ4v) is 5.15. The van der Waals surface area contributed by atoms with Crippen LogP contribution in [0.1, 0.15) is 54.1 Å². The summed E-state index contributed by atoms with van der Waals surface area (Å²) >= 11 is 0. The molecule has 0 aliphatic carbocycles. The lowest BCUT2D eigenvalue weighted by atomic mass is 9.92. The standard InChI is InChI=1S/C28H37N3O2/c1-2-22-8-10-25(11-9-22)28(33)31-20-15-26(16-21-31)30-18-13-24(14-19-30)27(32)29-17-12-23-6-4-3-5-7-23/h3-11,24,26H,2,12-21H2,1H3,(H,29,32). The topological polar surface area (TPSA) is 52.7 Å². The molecule has 0 radical (unpaired) electrons. The van der Waals surface area contributed by atoms with Gasteiger partial charge in [0.05, 0.1) is 0 Å². The summed E-state index contributed by atoms with van der Waals surface area (Å²) in [7, 11) is 0. The molecule has 0 saturated carbocycles. The number of likely N-dealkylation sites (tertiary alicyclic amines) is 2. The van der Waals surface area contributed by atoms with E-state index in [4.69, 9.17) is 0 Å². The van der Waals surface area contributed by atoms with Crippen molar-refractivity contribution in [2.24, 2.45) is 5.92 Å². The summed E-state index contributed by atoms with van der Waals surface area (Å²) in [6, 6.07) is 18.9. The van der Waals surface area contributed by atoms with Crippen molar-refractivity contribution < 1.29 is 9.59 Å². The zero-order valence-corrected chi connectivity index (χ0v) is 19.8. The molecule has 176 valence electrons. The van der Waals surface area contributed by atoms with Crippen molar-refractivity contribution in [3.63, 3.8) is 0 Å². The Morgan fingerprint density at radius 2 is 1.52 bits per heavy atom. The summed E-state index contributed by atoms with van der Waals surface area (Å²) in [4.78, 5) is 30.0. The van der Waals surface area contributed by atoms with Crippen molar-refractivity contribution in [1.29, 1.82) is 0 Å². The van der Waals surface area contributed by atoms with Gasteiger partial charge in [-0.15, -0.1) is 0 Å². The fourth-order valence-electron chi connectivity index (χ4n) is 5.15. The normalized spacial score (nSPS) is 18.3. The van der Waals surface area contributed by atoms with Gasteiger partial charge >= 0.3 is 0 Å². The van der Waals surface area contributed by atoms with Crippen molar-refractivity contribution >= 4 is 11.8 Å². The number of rotatable bonds is 7. The van der Waals surface area contributed by atoms with Gasteiger partial charge in [0.2, 0.25) is 5.91 Å². The number of nitrogens with zero attached hydrogens (tertiary/aromatic N) is 2. The van der Waals surface area contributed by atoms with Crippen LogP contribution in [0.15, 0.2) is 54.6 Å². The van der Waals surface area contributed by atoms with E-state index in [0.29, 0.717) is 12.6 Å². The Hall–Kier alpha value is -2.66. The number of carbonyl (C=O) groups is 2. The predicted molar refractivity (Wildman–Crippen MR) is 132 cm³/mol. The van der Waals surface area contributed by atoms with Crippen LogP contribution in [-0.4, -0.2) is 60.4 Å². The second-order valence-corrected chi connectivity index (χ2v) is 9.41. The van der Waals surface area contributed by atoms with E-state index in [9.17, 15) is 9.59 Å². The largest absolute Gasteiger partial charge is 0.356 e. The third-order valence-corrected chi connectivity index (χ3v) is 7.33. The van der Waals surface area contributed by atoms with Gasteiger partial charge in [-0.25, -0.2) is 0 Å². The molecular formula is C28H37N3O2. The maximum atomic E-state index is 12.8. The summed E-state index contributed by atoms with van der Waals surface area (Å²) < 4.78 is 0. The van der Waals surface area contributed by atoms with Crippen LogP contribution in [0.4, 0.5) is 0 Å². The maximum absolute atomic E-state index is 12.8. The first-order valence-electron chi connectivity index (χ1n) is 12.6. The number of hydrogen-bond acceptors (Lipinski definition) is 3. The Balaban J connectivity index is 1.17. The lowest BCUT2D eigenvalue weighted by molar-refractivity contribution is -0.126. The summed E-state index contributed by atoms with van der Waals surface area (Å²) in [5, 5.41) is 3.13. The molecule has 2 saturated heterocycles. The van der Waals surface area contributed by atoms with E-state index in [1.54, 1.807) is 0 Å². The molecule has 4 rings (SSSR count). The minimum Gasteiger partial charge on any atom is -0.356 e. The van der Waals surface area contributed by atoms with Crippen LogP contribution >= 0.6 is 0 Å². The molecule has 2 aliphatic rings. The number of nitrogens with one attached hydrogen (secondary N) is 1. The minimum atomic E-state index is 0.129. The van der Waals surface area contributed by atoms with Crippen molar-refractivity contribution in [2.45, 2.75) is 51.5 Å². The highest BCUT2D eigenvalue weighted by atomic mass is 16.2. The molecule has 2 aliphatic heterocycles. The van der Waals surface area contributed by atoms with Gasteiger partial charge in [-0.1, -0.05) is 49.4 Å². The monoisotopic (exact) mass is 447 g/mol. The minimum absolute atomic E-state index is 0.129. The van der Waals surface area contributed by atoms with Crippen LogP contribution in [0.2, 0.25) is 0 Å². The van der Waals surface area contributed by atoms with Gasteiger partial charge in [0, 0.05) is 37.2 Å². The molecule has 2 aromatic rings. The average molecular weight is 448 g/mol. The molecule has 1 N–H and O–H groups in total. The molecule has 0 bridgehead atoms. The summed E-state index contributed by atoms with van der Waals surface area (Å²) in [5.74, 6) is 0.492. The third kappa shape index (κ3) is 6.23. The maximum Gasteiger partial charge on any atom is 0.253 e. The zero-order chi connectivity index (χ0) is 23.0. The average Bonchev–Trinajstić information content (AvgIpc) is 2.89. The second kappa shape index (κ2) is 11.5. The van der Waals surface area contributed by atoms with E-state index in [-0.39, 0.29) is 17.7 Å². The number of piperidine rings is 2. The Bertz CT molecular complexity index is 896. The molecule has 0 spiro atoms. The van der Waals surface area contributed by atoms with Gasteiger partial charge < -0.3 is 15.1 Å². The summed E-state index contributed by atoms with van der Waals surface area (Å²) in [6.07, 6.45) is 5.77. The third-order valence-electron chi connectivity index (χ3n) is 7.33. The van der Waals surface area contributed by atoms with Crippen LogP contribution < -0.4 is 5.32 Å². The molecule has 0 unspecified atom stereocenters. The van der Waals surface area contributed by atoms with Crippen molar-refractivity contribution in [2.75, 3.05) is 32.7 Å². The number of benzene rings is 2. The smallest absolute Gasteiger partial charge is 0.253 e. The van der Waals surface area contributed by atoms with Crippen molar-refractivity contribution in [1.82, 2.24) is 15.1 Å². The molecule has 2 amide bonds. The van der Waals surface area contributed by atoms with Gasteiger partial charge in [-0.3, -0.25) is 9.59 Å². The van der Waals surface area contributed by atoms with Crippen LogP contribution in [0.25, 0.3) is 0 Å². The fraction of sp³-hybridized carbons (Fsp3) is 0.500. The lowest BCUT2D eigenvalue weighted by Gasteiger charge is -2.41. The zero-order valence-electron chi connectivity index (χ0n) is 19.8. The number of carbonyl (C=O) groups excluding carboxylic acids is 2. The van der Waals surface area contributed by atoms with Crippen molar-refractivity contribution in [3.8, 4) is 0 Å². The summed E-state index contributed by atoms with van der Waals surface area (Å²) in [5.41, 5.74) is 3.32. The van der Waals surface area contributed by atoms with E-state index in [1.807, 2.05) is 35.2 Å². The molecule has 5 nitrogen and oxygen atoms in total. The molecule has 0 aromatic heterocycles. The SMILES string of the molecule is CCc1ccc(C(=O)N2CCC(N3CCC(C(=O)NCCc4ccccc4)CC3)CC2)cc1. The first-order chi connectivity index (χ1) is 16.1. The molecule has 2 heterocycles. The van der Waals surface area contributed by atoms with E-state index >= 15 is 0 Å². The number of hydrogen-bond donors (Lipinski definition) is 1. The van der Waals surface area contributed by atoms with E-state index in [1.165, 1.54) is 11.1 Å². The quantitative estimate of drug-likeness (QED) is 0.700. The predicted octanol–water partition coefficient (Wildman–Crippen LogP) is 3.92. The van der Waals surface area contributed by atoms with Crippen molar-refractivity contribution in [3.05, 3.63) is 71.3 Å². The van der Waals surface area contributed by atoms with Crippen LogP contribution in [0, 0.1) is 5.92 Å².